The molecule has 1 saturated heterocycles. The molecule has 4 nitrogen and oxygen atoms in total. The second kappa shape index (κ2) is 7.16. The third-order valence-corrected chi connectivity index (χ3v) is 3.91. The van der Waals surface area contributed by atoms with E-state index in [4.69, 9.17) is 0 Å². The van der Waals surface area contributed by atoms with Crippen LogP contribution >= 0.6 is 0 Å². The highest BCUT2D eigenvalue weighted by molar-refractivity contribution is 5.79. The molecule has 108 valence electrons. The molecule has 0 aromatic heterocycles. The summed E-state index contributed by atoms with van der Waals surface area (Å²) >= 11 is 0. The number of rotatable bonds is 2. The molecule has 4 heteroatoms. The average molecular weight is 272 g/mol. The first kappa shape index (κ1) is 14.7. The largest absolute Gasteiger partial charge is 0.380 e. The molecular formula is C16H24N4. The number of hydrogen-bond acceptors (Lipinski definition) is 4. The van der Waals surface area contributed by atoms with E-state index in [1.807, 2.05) is 0 Å². The van der Waals surface area contributed by atoms with Crippen molar-refractivity contribution in [2.24, 2.45) is 4.99 Å². The first-order chi connectivity index (χ1) is 9.86. The molecule has 2 unspecified atom stereocenters. The molecule has 2 atom stereocenters. The third-order valence-electron chi connectivity index (χ3n) is 3.91. The van der Waals surface area contributed by atoms with Crippen LogP contribution in [0, 0.1) is 12.8 Å². The molecule has 3 aliphatic heterocycles. The van der Waals surface area contributed by atoms with Crippen LogP contribution in [0.15, 0.2) is 28.5 Å². The van der Waals surface area contributed by atoms with Gasteiger partial charge in [-0.15, -0.1) is 12.8 Å². The van der Waals surface area contributed by atoms with Gasteiger partial charge in [0.15, 0.2) is 0 Å². The Morgan fingerprint density at radius 3 is 2.95 bits per heavy atom. The molecule has 0 saturated carbocycles. The Kier molecular flexibility index (Phi) is 5.25. The SMILES string of the molecule is C#C.CCC1=CC2N=CC(N3CCCNCC3)=CC2N1. The van der Waals surface area contributed by atoms with Crippen LogP contribution in [0.5, 0.6) is 0 Å². The van der Waals surface area contributed by atoms with Crippen LogP contribution in [0.3, 0.4) is 0 Å². The van der Waals surface area contributed by atoms with Gasteiger partial charge in [-0.1, -0.05) is 6.92 Å². The van der Waals surface area contributed by atoms with Gasteiger partial charge in [0, 0.05) is 31.5 Å². The van der Waals surface area contributed by atoms with Gasteiger partial charge in [0.1, 0.15) is 0 Å². The fraction of sp³-hybridized carbons (Fsp3) is 0.562. The lowest BCUT2D eigenvalue weighted by atomic mass is 10.1. The lowest BCUT2D eigenvalue weighted by molar-refractivity contribution is 0.380. The van der Waals surface area contributed by atoms with Gasteiger partial charge in [-0.25, -0.2) is 0 Å². The highest BCUT2D eigenvalue weighted by Gasteiger charge is 2.27. The number of terminal acetylenes is 1. The van der Waals surface area contributed by atoms with Crippen molar-refractivity contribution < 1.29 is 0 Å². The summed E-state index contributed by atoms with van der Waals surface area (Å²) in [5.74, 6) is 0. The van der Waals surface area contributed by atoms with Crippen molar-refractivity contribution in [3.8, 4) is 12.8 Å². The summed E-state index contributed by atoms with van der Waals surface area (Å²) in [6.07, 6.45) is 17.0. The summed E-state index contributed by atoms with van der Waals surface area (Å²) in [6, 6.07) is 0.685. The molecule has 0 amide bonds. The third kappa shape index (κ3) is 3.23. The second-order valence-electron chi connectivity index (χ2n) is 5.17. The molecule has 3 aliphatic rings. The molecule has 0 aromatic carbocycles. The van der Waals surface area contributed by atoms with E-state index in [-0.39, 0.29) is 0 Å². The van der Waals surface area contributed by atoms with E-state index in [1.165, 1.54) is 17.8 Å². The molecule has 2 N–H and O–H groups in total. The first-order valence-electron chi connectivity index (χ1n) is 7.38. The van der Waals surface area contributed by atoms with Gasteiger partial charge in [-0.2, -0.15) is 0 Å². The summed E-state index contributed by atoms with van der Waals surface area (Å²) < 4.78 is 0. The highest BCUT2D eigenvalue weighted by Crippen LogP contribution is 2.22. The minimum Gasteiger partial charge on any atom is -0.380 e. The predicted octanol–water partition coefficient (Wildman–Crippen LogP) is 1.13. The maximum absolute atomic E-state index is 4.68. The van der Waals surface area contributed by atoms with Crippen LogP contribution in [0.1, 0.15) is 19.8 Å². The number of fused-ring (bicyclic) bond motifs is 1. The Morgan fingerprint density at radius 1 is 1.30 bits per heavy atom. The second-order valence-corrected chi connectivity index (χ2v) is 5.17. The smallest absolute Gasteiger partial charge is 0.0938 e. The van der Waals surface area contributed by atoms with Gasteiger partial charge in [-0.3, -0.25) is 4.99 Å². The quantitative estimate of drug-likeness (QED) is 0.740. The lowest BCUT2D eigenvalue weighted by Gasteiger charge is -2.28. The number of aliphatic imine (C=N–C) groups is 1. The number of hydrogen-bond donors (Lipinski definition) is 2. The lowest BCUT2D eigenvalue weighted by Crippen LogP contribution is -2.36. The zero-order chi connectivity index (χ0) is 14.4. The molecular weight excluding hydrogens is 248 g/mol. The van der Waals surface area contributed by atoms with Gasteiger partial charge in [-0.05, 0) is 31.5 Å². The monoisotopic (exact) mass is 272 g/mol. The Bertz CT molecular complexity index is 425. The molecule has 0 bridgehead atoms. The van der Waals surface area contributed by atoms with Crippen molar-refractivity contribution in [1.82, 2.24) is 15.5 Å². The van der Waals surface area contributed by atoms with Crippen LogP contribution < -0.4 is 10.6 Å². The van der Waals surface area contributed by atoms with Gasteiger partial charge in [0.2, 0.25) is 0 Å². The molecule has 0 radical (unpaired) electrons. The Balaban J connectivity index is 0.000000704. The number of dihydropyridines is 1. The first-order valence-corrected chi connectivity index (χ1v) is 7.38. The molecule has 0 aliphatic carbocycles. The summed E-state index contributed by atoms with van der Waals surface area (Å²) in [4.78, 5) is 7.13. The van der Waals surface area contributed by atoms with E-state index >= 15 is 0 Å². The van der Waals surface area contributed by atoms with Crippen LogP contribution in [-0.2, 0) is 0 Å². The van der Waals surface area contributed by atoms with Crippen LogP contribution in [0.4, 0.5) is 0 Å². The molecule has 0 aromatic rings. The van der Waals surface area contributed by atoms with Crippen molar-refractivity contribution >= 4 is 6.21 Å². The fourth-order valence-corrected chi connectivity index (χ4v) is 2.83. The van der Waals surface area contributed by atoms with Crippen molar-refractivity contribution in [3.63, 3.8) is 0 Å². The maximum atomic E-state index is 4.68. The minimum absolute atomic E-state index is 0.314. The number of allylic oxidation sites excluding steroid dienone is 2. The van der Waals surface area contributed by atoms with Crippen molar-refractivity contribution in [2.45, 2.75) is 31.8 Å². The Morgan fingerprint density at radius 2 is 2.15 bits per heavy atom. The van der Waals surface area contributed by atoms with E-state index in [9.17, 15) is 0 Å². The van der Waals surface area contributed by atoms with Crippen molar-refractivity contribution in [3.05, 3.63) is 23.5 Å². The van der Waals surface area contributed by atoms with Crippen molar-refractivity contribution in [1.29, 1.82) is 0 Å². The van der Waals surface area contributed by atoms with Crippen LogP contribution in [0.2, 0.25) is 0 Å². The Hall–Kier alpha value is -1.73. The van der Waals surface area contributed by atoms with Gasteiger partial charge in [0.25, 0.3) is 0 Å². The van der Waals surface area contributed by atoms with E-state index in [0.717, 1.165) is 32.6 Å². The number of nitrogens with zero attached hydrogens (tertiary/aromatic N) is 2. The topological polar surface area (TPSA) is 39.7 Å². The van der Waals surface area contributed by atoms with Gasteiger partial charge < -0.3 is 15.5 Å². The summed E-state index contributed by atoms with van der Waals surface area (Å²) in [5.41, 5.74) is 2.62. The molecule has 3 heterocycles. The fourth-order valence-electron chi connectivity index (χ4n) is 2.83. The molecule has 0 spiro atoms. The highest BCUT2D eigenvalue weighted by atomic mass is 15.2. The van der Waals surface area contributed by atoms with Crippen LogP contribution in [0.25, 0.3) is 0 Å². The minimum atomic E-state index is 0.314. The Labute approximate surface area is 122 Å². The normalized spacial score (nSPS) is 28.2. The van der Waals surface area contributed by atoms with Gasteiger partial charge in [0.05, 0.1) is 17.8 Å². The molecule has 3 rings (SSSR count). The van der Waals surface area contributed by atoms with Gasteiger partial charge >= 0.3 is 0 Å². The molecule has 20 heavy (non-hydrogen) atoms. The van der Waals surface area contributed by atoms with E-state index in [0.29, 0.717) is 12.1 Å². The summed E-state index contributed by atoms with van der Waals surface area (Å²) in [7, 11) is 0. The van der Waals surface area contributed by atoms with E-state index < -0.39 is 0 Å². The van der Waals surface area contributed by atoms with Crippen LogP contribution in [-0.4, -0.2) is 49.4 Å². The average Bonchev–Trinajstić information content (AvgIpc) is 2.73. The molecule has 1 fully saturated rings. The zero-order valence-electron chi connectivity index (χ0n) is 12.2. The summed E-state index contributed by atoms with van der Waals surface area (Å²) in [6.45, 7) is 6.61. The summed E-state index contributed by atoms with van der Waals surface area (Å²) in [5, 5.41) is 7.00. The van der Waals surface area contributed by atoms with E-state index in [1.54, 1.807) is 0 Å². The van der Waals surface area contributed by atoms with E-state index in [2.05, 4.69) is 58.7 Å². The maximum Gasteiger partial charge on any atom is 0.0938 e. The van der Waals surface area contributed by atoms with Crippen molar-refractivity contribution in [2.75, 3.05) is 26.2 Å². The zero-order valence-corrected chi connectivity index (χ0v) is 12.2. The standard InChI is InChI=1S/C14H22N4.C2H2/c1-2-11-8-13-14(17-11)9-12(10-16-13)18-6-3-4-15-5-7-18;1-2/h8-10,13-15,17H,2-7H2,1H3;1-2H. The number of nitrogens with one attached hydrogen (secondary N) is 2. The predicted molar refractivity (Wildman–Crippen MR) is 84.6 cm³/mol.